The van der Waals surface area contributed by atoms with Crippen LogP contribution in [0.25, 0.3) is 11.3 Å². The highest BCUT2D eigenvalue weighted by Crippen LogP contribution is 2.50. The molecule has 3 aromatic heterocycles. The highest BCUT2D eigenvalue weighted by molar-refractivity contribution is 7.14. The predicted molar refractivity (Wildman–Crippen MR) is 161 cm³/mol. The first kappa shape index (κ1) is 28.3. The molecule has 1 amide bonds. The van der Waals surface area contributed by atoms with Crippen LogP contribution in [0.15, 0.2) is 41.2 Å². The zero-order valence-electron chi connectivity index (χ0n) is 24.3. The van der Waals surface area contributed by atoms with Crippen LogP contribution in [-0.2, 0) is 31.8 Å². The van der Waals surface area contributed by atoms with Crippen molar-refractivity contribution in [3.63, 3.8) is 0 Å². The number of aryl methyl sites for hydroxylation is 2. The molecule has 0 bridgehead atoms. The monoisotopic (exact) mass is 591 g/mol. The second-order valence-corrected chi connectivity index (χ2v) is 12.8. The van der Waals surface area contributed by atoms with E-state index in [9.17, 15) is 14.0 Å². The van der Waals surface area contributed by atoms with Crippen LogP contribution in [0.4, 0.5) is 21.6 Å². The molecule has 0 spiro atoms. The van der Waals surface area contributed by atoms with Crippen molar-refractivity contribution in [3.8, 4) is 11.3 Å². The van der Waals surface area contributed by atoms with Gasteiger partial charge in [-0.05, 0) is 67.2 Å². The zero-order valence-corrected chi connectivity index (χ0v) is 25.1. The largest absolute Gasteiger partial charge is 0.376 e. The number of rotatable bonds is 8. The number of carbonyl (C=O) groups excluding carboxylic acids is 1. The van der Waals surface area contributed by atoms with E-state index in [0.29, 0.717) is 22.0 Å². The molecule has 220 valence electrons. The lowest BCUT2D eigenvalue weighted by atomic mass is 9.87. The Kier molecular flexibility index (Phi) is 7.24. The molecule has 10 nitrogen and oxygen atoms in total. The summed E-state index contributed by atoms with van der Waals surface area (Å²) in [6.07, 6.45) is 1.93. The number of hydrogen-bond acceptors (Lipinski definition) is 8. The van der Waals surface area contributed by atoms with E-state index in [4.69, 9.17) is 4.74 Å². The fourth-order valence-electron chi connectivity index (χ4n) is 5.71. The van der Waals surface area contributed by atoms with Gasteiger partial charge in [-0.3, -0.25) is 19.2 Å². The summed E-state index contributed by atoms with van der Waals surface area (Å²) in [5.41, 5.74) is 2.98. The molecule has 0 saturated carbocycles. The lowest BCUT2D eigenvalue weighted by molar-refractivity contribution is 0.0190. The Morgan fingerprint density at radius 1 is 1.12 bits per heavy atom. The third-order valence-corrected chi connectivity index (χ3v) is 9.21. The molecule has 2 aliphatic rings. The molecule has 1 fully saturated rings. The second-order valence-electron chi connectivity index (χ2n) is 11.7. The van der Waals surface area contributed by atoms with Crippen LogP contribution in [-0.4, -0.2) is 50.6 Å². The Bertz CT molecular complexity index is 1740. The van der Waals surface area contributed by atoms with Gasteiger partial charge in [-0.2, -0.15) is 10.2 Å². The third-order valence-electron chi connectivity index (χ3n) is 8.06. The third kappa shape index (κ3) is 5.25. The number of nitrogens with one attached hydrogen (secondary N) is 2. The maximum absolute atomic E-state index is 14.9. The van der Waals surface area contributed by atoms with Crippen LogP contribution < -0.4 is 16.2 Å². The van der Waals surface area contributed by atoms with Gasteiger partial charge in [0.05, 0.1) is 28.1 Å². The van der Waals surface area contributed by atoms with E-state index < -0.39 is 11.7 Å². The first-order valence-electron chi connectivity index (χ1n) is 13.9. The lowest BCUT2D eigenvalue weighted by Gasteiger charge is -2.30. The summed E-state index contributed by atoms with van der Waals surface area (Å²) in [6, 6.07) is 9.76. The van der Waals surface area contributed by atoms with Crippen molar-refractivity contribution in [3.05, 3.63) is 73.6 Å². The molecule has 4 aromatic rings. The van der Waals surface area contributed by atoms with Gasteiger partial charge < -0.3 is 15.4 Å². The quantitative estimate of drug-likeness (QED) is 0.302. The minimum Gasteiger partial charge on any atom is -0.376 e. The van der Waals surface area contributed by atoms with E-state index in [0.717, 1.165) is 42.2 Å². The molecule has 12 heteroatoms. The minimum atomic E-state index is -0.571. The number of ether oxygens (including phenoxy) is 1. The van der Waals surface area contributed by atoms with Gasteiger partial charge in [0.1, 0.15) is 11.5 Å². The van der Waals surface area contributed by atoms with Crippen molar-refractivity contribution in [1.29, 1.82) is 0 Å². The Morgan fingerprint density at radius 3 is 2.62 bits per heavy atom. The SMILES string of the molecule is COC1c2cc(C(=O)Nc3cc(-c4cc(Nc5cc(CN6CCC6)n(C)n5)c(=O)n(C)n4)ccc3F)sc2CC1(C)C. The molecule has 2 N–H and O–H groups in total. The summed E-state index contributed by atoms with van der Waals surface area (Å²) in [5.74, 6) is -0.409. The van der Waals surface area contributed by atoms with Crippen LogP contribution >= 0.6 is 11.3 Å². The first-order chi connectivity index (χ1) is 20.0. The average Bonchev–Trinajstić information content (AvgIpc) is 3.54. The number of hydrogen-bond donors (Lipinski definition) is 2. The molecule has 1 saturated heterocycles. The lowest BCUT2D eigenvalue weighted by Crippen LogP contribution is -2.36. The molecule has 6 rings (SSSR count). The normalized spacial score (nSPS) is 17.6. The average molecular weight is 592 g/mol. The number of fused-ring (bicyclic) bond motifs is 1. The van der Waals surface area contributed by atoms with E-state index in [1.54, 1.807) is 31.0 Å². The van der Waals surface area contributed by atoms with Crippen molar-refractivity contribution < 1.29 is 13.9 Å². The van der Waals surface area contributed by atoms with Gasteiger partial charge >= 0.3 is 0 Å². The molecule has 1 unspecified atom stereocenters. The fraction of sp³-hybridized carbons (Fsp3) is 0.400. The Labute approximate surface area is 247 Å². The highest BCUT2D eigenvalue weighted by Gasteiger charge is 2.41. The number of carbonyl (C=O) groups is 1. The molecular formula is C30H34FN7O3S. The molecule has 1 atom stereocenters. The van der Waals surface area contributed by atoms with Crippen LogP contribution in [0.5, 0.6) is 0 Å². The van der Waals surface area contributed by atoms with Crippen molar-refractivity contribution in [1.82, 2.24) is 24.5 Å². The number of thiophene rings is 1. The van der Waals surface area contributed by atoms with Gasteiger partial charge in [-0.1, -0.05) is 13.8 Å². The number of amides is 1. The van der Waals surface area contributed by atoms with Gasteiger partial charge in [0.25, 0.3) is 11.5 Å². The molecule has 1 aliphatic carbocycles. The number of aromatic nitrogens is 4. The van der Waals surface area contributed by atoms with Crippen molar-refractivity contribution in [2.45, 2.75) is 39.3 Å². The summed E-state index contributed by atoms with van der Waals surface area (Å²) >= 11 is 1.41. The predicted octanol–water partition coefficient (Wildman–Crippen LogP) is 4.85. The van der Waals surface area contributed by atoms with Gasteiger partial charge in [0, 0.05) is 44.3 Å². The topological polar surface area (TPSA) is 106 Å². The zero-order chi connectivity index (χ0) is 29.8. The summed E-state index contributed by atoms with van der Waals surface area (Å²) in [4.78, 5) is 30.0. The Morgan fingerprint density at radius 2 is 1.90 bits per heavy atom. The molecule has 1 aliphatic heterocycles. The Hall–Kier alpha value is -3.87. The van der Waals surface area contributed by atoms with Gasteiger partial charge in [0.2, 0.25) is 0 Å². The second kappa shape index (κ2) is 10.8. The number of halogens is 1. The van der Waals surface area contributed by atoms with E-state index in [1.807, 2.05) is 19.2 Å². The number of methoxy groups -OCH3 is 1. The maximum atomic E-state index is 14.9. The number of nitrogens with zero attached hydrogens (tertiary/aromatic N) is 5. The Balaban J connectivity index is 1.23. The summed E-state index contributed by atoms with van der Waals surface area (Å²) in [5, 5.41) is 14.8. The van der Waals surface area contributed by atoms with E-state index in [-0.39, 0.29) is 28.5 Å². The summed E-state index contributed by atoms with van der Waals surface area (Å²) < 4.78 is 23.6. The van der Waals surface area contributed by atoms with E-state index in [2.05, 4.69) is 39.6 Å². The smallest absolute Gasteiger partial charge is 0.290 e. The van der Waals surface area contributed by atoms with Crippen molar-refractivity contribution in [2.75, 3.05) is 30.8 Å². The molecule has 1 aromatic carbocycles. The van der Waals surface area contributed by atoms with E-state index >= 15 is 0 Å². The number of benzene rings is 1. The van der Waals surface area contributed by atoms with Gasteiger partial charge in [0.15, 0.2) is 5.82 Å². The number of likely N-dealkylation sites (tertiary alicyclic amines) is 1. The van der Waals surface area contributed by atoms with Crippen LogP contribution in [0.3, 0.4) is 0 Å². The van der Waals surface area contributed by atoms with E-state index in [1.165, 1.54) is 34.6 Å². The summed E-state index contributed by atoms with van der Waals surface area (Å²) in [6.45, 7) is 7.23. The molecule has 4 heterocycles. The minimum absolute atomic E-state index is 0.0280. The van der Waals surface area contributed by atoms with Crippen molar-refractivity contribution in [2.24, 2.45) is 19.5 Å². The van der Waals surface area contributed by atoms with Crippen LogP contribution in [0, 0.1) is 11.2 Å². The maximum Gasteiger partial charge on any atom is 0.290 e. The van der Waals surface area contributed by atoms with Crippen LogP contribution in [0.2, 0.25) is 0 Å². The van der Waals surface area contributed by atoms with Gasteiger partial charge in [-0.15, -0.1) is 11.3 Å². The summed E-state index contributed by atoms with van der Waals surface area (Å²) in [7, 11) is 5.11. The van der Waals surface area contributed by atoms with Gasteiger partial charge in [-0.25, -0.2) is 9.07 Å². The molecule has 42 heavy (non-hydrogen) atoms. The van der Waals surface area contributed by atoms with Crippen molar-refractivity contribution >= 4 is 34.4 Å². The van der Waals surface area contributed by atoms with Crippen LogP contribution in [0.1, 0.15) is 52.2 Å². The molecular weight excluding hydrogens is 557 g/mol. The highest BCUT2D eigenvalue weighted by atomic mass is 32.1. The standard InChI is InChI=1S/C30H34FN7O3S/c1-30(2)15-25-19(27(30)41-5)13-24(42-25)28(39)33-22-11-17(7-8-20(22)31)21-14-23(29(40)37(4)34-21)32-26-12-18(36(3)35-26)16-38-9-6-10-38/h7-8,11-14,27H,6,9-10,15-16H2,1-5H3,(H,32,35)(H,33,39). The number of anilines is 3. The molecule has 0 radical (unpaired) electrons. The fourth-order valence-corrected chi connectivity index (χ4v) is 7.04. The first-order valence-corrected chi connectivity index (χ1v) is 14.7.